The Balaban J connectivity index is 2.36. The largest absolute Gasteiger partial charge is 0.468 e. The van der Waals surface area contributed by atoms with Gasteiger partial charge in [0.05, 0.1) is 19.6 Å². The normalized spacial score (nSPS) is 21.7. The molecule has 3 rings (SSSR count). The highest BCUT2D eigenvalue weighted by Crippen LogP contribution is 2.51. The molecule has 0 aromatic heterocycles. The first kappa shape index (κ1) is 19.8. The highest BCUT2D eigenvalue weighted by atomic mass is 32.2. The monoisotopic (exact) mass is 402 g/mol. The van der Waals surface area contributed by atoms with Gasteiger partial charge in [0.25, 0.3) is 0 Å². The second-order valence-corrected chi connectivity index (χ2v) is 8.58. The molecule has 4 nitrogen and oxygen atoms in total. The molecule has 1 saturated heterocycles. The van der Waals surface area contributed by atoms with Crippen LogP contribution in [0.1, 0.15) is 11.1 Å². The topological polar surface area (TPSA) is 52.6 Å². The third kappa shape index (κ3) is 3.60. The number of methoxy groups -OCH3 is 2. The number of esters is 2. The van der Waals surface area contributed by atoms with Crippen LogP contribution in [-0.4, -0.2) is 48.2 Å². The predicted molar refractivity (Wildman–Crippen MR) is 110 cm³/mol. The Morgan fingerprint density at radius 3 is 1.48 bits per heavy atom. The maximum absolute atomic E-state index is 12.9. The molecule has 1 heterocycles. The van der Waals surface area contributed by atoms with E-state index >= 15 is 0 Å². The molecule has 2 atom stereocenters. The van der Waals surface area contributed by atoms with Crippen molar-refractivity contribution in [1.82, 2.24) is 0 Å². The SMILES string of the molecule is COC(=O)[C@@H]1SCCS[C@@H](C(=O)OC)C1(c1ccccc1)c1ccccc1. The van der Waals surface area contributed by atoms with E-state index in [2.05, 4.69) is 0 Å². The van der Waals surface area contributed by atoms with Crippen LogP contribution in [0, 0.1) is 0 Å². The molecule has 0 bridgehead atoms. The first-order valence-electron chi connectivity index (χ1n) is 8.66. The number of ether oxygens (including phenoxy) is 2. The molecule has 0 unspecified atom stereocenters. The summed E-state index contributed by atoms with van der Waals surface area (Å²) in [5.74, 6) is 0.840. The van der Waals surface area contributed by atoms with Gasteiger partial charge in [-0.15, -0.1) is 23.5 Å². The minimum absolute atomic E-state index is 0.330. The van der Waals surface area contributed by atoms with Gasteiger partial charge in [-0.1, -0.05) is 60.7 Å². The molecule has 2 aromatic carbocycles. The van der Waals surface area contributed by atoms with E-state index < -0.39 is 15.9 Å². The first-order chi connectivity index (χ1) is 13.2. The van der Waals surface area contributed by atoms with Crippen LogP contribution < -0.4 is 0 Å². The summed E-state index contributed by atoms with van der Waals surface area (Å²) in [6, 6.07) is 19.5. The van der Waals surface area contributed by atoms with Crippen LogP contribution >= 0.6 is 23.5 Å². The zero-order valence-corrected chi connectivity index (χ0v) is 16.9. The molecule has 0 N–H and O–H groups in total. The average molecular weight is 403 g/mol. The fourth-order valence-electron chi connectivity index (χ4n) is 3.65. The van der Waals surface area contributed by atoms with Crippen molar-refractivity contribution < 1.29 is 19.1 Å². The molecule has 1 aliphatic heterocycles. The summed E-state index contributed by atoms with van der Waals surface area (Å²) >= 11 is 3.08. The number of rotatable bonds is 4. The van der Waals surface area contributed by atoms with E-state index in [1.807, 2.05) is 60.7 Å². The van der Waals surface area contributed by atoms with E-state index in [0.29, 0.717) is 0 Å². The van der Waals surface area contributed by atoms with Gasteiger partial charge in [0.1, 0.15) is 10.5 Å². The Hall–Kier alpha value is -1.92. The molecule has 27 heavy (non-hydrogen) atoms. The number of benzene rings is 2. The summed E-state index contributed by atoms with van der Waals surface area (Å²) < 4.78 is 10.4. The van der Waals surface area contributed by atoms with Crippen molar-refractivity contribution >= 4 is 35.5 Å². The third-order valence-corrected chi connectivity index (χ3v) is 7.75. The number of hydrogen-bond acceptors (Lipinski definition) is 6. The molecule has 0 amide bonds. The lowest BCUT2D eigenvalue weighted by Gasteiger charge is -2.42. The van der Waals surface area contributed by atoms with E-state index in [1.54, 1.807) is 23.5 Å². The van der Waals surface area contributed by atoms with Gasteiger partial charge in [0.2, 0.25) is 0 Å². The summed E-state index contributed by atoms with van der Waals surface area (Å²) in [5.41, 5.74) is 0.918. The van der Waals surface area contributed by atoms with Crippen LogP contribution in [0.4, 0.5) is 0 Å². The molecule has 1 aliphatic rings. The maximum atomic E-state index is 12.9. The van der Waals surface area contributed by atoms with Crippen molar-refractivity contribution in [3.8, 4) is 0 Å². The average Bonchev–Trinajstić information content (AvgIpc) is 2.94. The zero-order valence-electron chi connectivity index (χ0n) is 15.3. The van der Waals surface area contributed by atoms with E-state index in [0.717, 1.165) is 22.6 Å². The van der Waals surface area contributed by atoms with Crippen molar-refractivity contribution in [1.29, 1.82) is 0 Å². The van der Waals surface area contributed by atoms with Gasteiger partial charge in [-0.2, -0.15) is 0 Å². The van der Waals surface area contributed by atoms with Crippen LogP contribution in [-0.2, 0) is 24.5 Å². The zero-order chi connectivity index (χ0) is 19.3. The van der Waals surface area contributed by atoms with E-state index in [1.165, 1.54) is 14.2 Å². The Morgan fingerprint density at radius 1 is 0.778 bits per heavy atom. The van der Waals surface area contributed by atoms with Crippen molar-refractivity contribution in [2.75, 3.05) is 25.7 Å². The molecule has 142 valence electrons. The molecule has 1 fully saturated rings. The molecule has 0 aliphatic carbocycles. The molecule has 0 spiro atoms. The van der Waals surface area contributed by atoms with Crippen LogP contribution in [0.5, 0.6) is 0 Å². The lowest BCUT2D eigenvalue weighted by Crippen LogP contribution is -2.53. The summed E-state index contributed by atoms with van der Waals surface area (Å²) in [5, 5.41) is -1.13. The predicted octanol–water partition coefficient (Wildman–Crippen LogP) is 3.54. The number of thioether (sulfide) groups is 2. The molecule has 0 saturated carbocycles. The molecular weight excluding hydrogens is 380 g/mol. The van der Waals surface area contributed by atoms with Crippen molar-refractivity contribution in [3.05, 3.63) is 71.8 Å². The van der Waals surface area contributed by atoms with Crippen LogP contribution in [0.15, 0.2) is 60.7 Å². The Morgan fingerprint density at radius 2 is 1.15 bits per heavy atom. The van der Waals surface area contributed by atoms with Gasteiger partial charge in [-0.3, -0.25) is 9.59 Å². The fourth-order valence-corrected chi connectivity index (χ4v) is 6.79. The summed E-state index contributed by atoms with van der Waals surface area (Å²) in [6.45, 7) is 0. The molecule has 2 aromatic rings. The maximum Gasteiger partial charge on any atom is 0.320 e. The summed E-state index contributed by atoms with van der Waals surface area (Å²) in [6.07, 6.45) is 0. The first-order valence-corrected chi connectivity index (χ1v) is 10.8. The summed E-state index contributed by atoms with van der Waals surface area (Å²) in [4.78, 5) is 25.9. The quantitative estimate of drug-likeness (QED) is 0.729. The van der Waals surface area contributed by atoms with Crippen LogP contribution in [0.3, 0.4) is 0 Å². The Bertz CT molecular complexity index is 712. The van der Waals surface area contributed by atoms with E-state index in [4.69, 9.17) is 9.47 Å². The third-order valence-electron chi connectivity index (χ3n) is 4.81. The van der Waals surface area contributed by atoms with Gasteiger partial charge in [-0.25, -0.2) is 0 Å². The van der Waals surface area contributed by atoms with E-state index in [-0.39, 0.29) is 11.9 Å². The number of hydrogen-bond donors (Lipinski definition) is 0. The standard InChI is InChI=1S/C21H22O4S2/c1-24-19(22)17-21(15-9-5-3-6-10-15,16-11-7-4-8-12-16)18(20(23)25-2)27-14-13-26-17/h3-12,17-18H,13-14H2,1-2H3/t17-,18-/m0/s1. The van der Waals surface area contributed by atoms with Crippen molar-refractivity contribution in [2.45, 2.75) is 15.9 Å². The molecular formula is C21H22O4S2. The number of carbonyl (C=O) groups excluding carboxylic acids is 2. The second kappa shape index (κ2) is 8.85. The van der Waals surface area contributed by atoms with Gasteiger partial charge < -0.3 is 9.47 Å². The fraction of sp³-hybridized carbons (Fsp3) is 0.333. The van der Waals surface area contributed by atoms with Crippen LogP contribution in [0.2, 0.25) is 0 Å². The Kier molecular flexibility index (Phi) is 6.50. The van der Waals surface area contributed by atoms with E-state index in [9.17, 15) is 9.59 Å². The highest BCUT2D eigenvalue weighted by Gasteiger charge is 2.56. The minimum atomic E-state index is -0.894. The minimum Gasteiger partial charge on any atom is -0.468 e. The highest BCUT2D eigenvalue weighted by molar-refractivity contribution is 8.05. The summed E-state index contributed by atoms with van der Waals surface area (Å²) in [7, 11) is 2.80. The lowest BCUT2D eigenvalue weighted by molar-refractivity contribution is -0.143. The Labute approximate surface area is 168 Å². The van der Waals surface area contributed by atoms with Crippen molar-refractivity contribution in [3.63, 3.8) is 0 Å². The van der Waals surface area contributed by atoms with Gasteiger partial charge in [0.15, 0.2) is 0 Å². The van der Waals surface area contributed by atoms with Gasteiger partial charge in [0, 0.05) is 11.5 Å². The van der Waals surface area contributed by atoms with Crippen LogP contribution in [0.25, 0.3) is 0 Å². The van der Waals surface area contributed by atoms with Gasteiger partial charge in [-0.05, 0) is 11.1 Å². The number of carbonyl (C=O) groups is 2. The molecule has 6 heteroatoms. The van der Waals surface area contributed by atoms with Crippen molar-refractivity contribution in [2.24, 2.45) is 0 Å². The van der Waals surface area contributed by atoms with Gasteiger partial charge >= 0.3 is 11.9 Å². The second-order valence-electron chi connectivity index (χ2n) is 6.15. The lowest BCUT2D eigenvalue weighted by atomic mass is 9.68. The smallest absolute Gasteiger partial charge is 0.320 e. The molecule has 0 radical (unpaired) electrons.